The van der Waals surface area contributed by atoms with E-state index in [1.54, 1.807) is 6.07 Å². The second-order valence-corrected chi connectivity index (χ2v) is 8.57. The van der Waals surface area contributed by atoms with Crippen LogP contribution in [0.2, 0.25) is 0 Å². The number of carboxylic acid groups (broad SMARTS) is 1. The number of halogens is 1. The van der Waals surface area contributed by atoms with Crippen LogP contribution in [0.1, 0.15) is 29.2 Å². The van der Waals surface area contributed by atoms with Crippen LogP contribution in [0, 0.1) is 5.82 Å². The molecule has 11 heteroatoms. The van der Waals surface area contributed by atoms with Gasteiger partial charge < -0.3 is 19.9 Å². The van der Waals surface area contributed by atoms with E-state index in [0.717, 1.165) is 25.9 Å². The lowest BCUT2D eigenvalue weighted by Crippen LogP contribution is -2.43. The molecule has 0 spiro atoms. The smallest absolute Gasteiger partial charge is 0.341 e. The molecule has 9 nitrogen and oxygen atoms in total. The molecule has 2 heterocycles. The van der Waals surface area contributed by atoms with Gasteiger partial charge in [-0.15, -0.1) is 0 Å². The number of rotatable bonds is 3. The van der Waals surface area contributed by atoms with Crippen molar-refractivity contribution in [2.45, 2.75) is 18.9 Å². The van der Waals surface area contributed by atoms with Crippen molar-refractivity contribution in [3.8, 4) is 0 Å². The van der Waals surface area contributed by atoms with Crippen molar-refractivity contribution in [1.29, 1.82) is 0 Å². The lowest BCUT2D eigenvalue weighted by molar-refractivity contribution is 0.0694. The Morgan fingerprint density at radius 3 is 2.34 bits per heavy atom. The van der Waals surface area contributed by atoms with Crippen LogP contribution in [0.5, 0.6) is 0 Å². The van der Waals surface area contributed by atoms with E-state index < -0.39 is 27.3 Å². The molecule has 1 saturated heterocycles. The lowest BCUT2D eigenvalue weighted by Gasteiger charge is -2.30. The Balaban J connectivity index is 0.000000431. The summed E-state index contributed by atoms with van der Waals surface area (Å²) in [5.74, 6) is -1.76. The molecule has 1 aromatic heterocycles. The first-order chi connectivity index (χ1) is 13.6. The molecule has 0 radical (unpaired) electrons. The van der Waals surface area contributed by atoms with E-state index >= 15 is 0 Å². The molecule has 1 aromatic carbocycles. The Morgan fingerprint density at radius 2 is 1.83 bits per heavy atom. The summed E-state index contributed by atoms with van der Waals surface area (Å²) in [6, 6.07) is 3.08. The number of aromatic nitrogens is 1. The number of carbonyl (C=O) groups is 1. The van der Waals surface area contributed by atoms with E-state index in [-0.39, 0.29) is 17.0 Å². The Labute approximate surface area is 166 Å². The zero-order chi connectivity index (χ0) is 21.3. The zero-order valence-corrected chi connectivity index (χ0v) is 16.6. The van der Waals surface area contributed by atoms with Gasteiger partial charge in [0, 0.05) is 43.8 Å². The maximum atomic E-state index is 14.6. The van der Waals surface area contributed by atoms with Gasteiger partial charge in [-0.25, -0.2) is 9.18 Å². The Hall–Kier alpha value is -2.50. The van der Waals surface area contributed by atoms with E-state index in [2.05, 4.69) is 5.32 Å². The number of nitrogens with zero attached hydrogens (tertiary/aromatic N) is 2. The lowest BCUT2D eigenvalue weighted by atomic mass is 10.1. The van der Waals surface area contributed by atoms with E-state index in [9.17, 15) is 27.5 Å². The number of piperazine rings is 1. The molecule has 1 aliphatic carbocycles. The summed E-state index contributed by atoms with van der Waals surface area (Å²) < 4.78 is 42.3. The van der Waals surface area contributed by atoms with E-state index in [1.165, 1.54) is 12.3 Å². The van der Waals surface area contributed by atoms with E-state index in [1.807, 2.05) is 9.47 Å². The van der Waals surface area contributed by atoms with Crippen LogP contribution >= 0.6 is 0 Å². The molecule has 0 unspecified atom stereocenters. The number of carboxylic acids is 1. The molecule has 0 amide bonds. The predicted octanol–water partition coefficient (Wildman–Crippen LogP) is 1.09. The van der Waals surface area contributed by atoms with Gasteiger partial charge >= 0.3 is 5.97 Å². The molecule has 1 saturated carbocycles. The highest BCUT2D eigenvalue weighted by atomic mass is 32.2. The SMILES string of the molecule is CS(=O)(=O)O.O=C(O)c1cn(C2CC2)c2cc(N3CCNCC3)c(F)cc2c1=O. The molecule has 3 N–H and O–H groups in total. The predicted molar refractivity (Wildman–Crippen MR) is 106 cm³/mol. The van der Waals surface area contributed by atoms with Crippen LogP contribution in [0.3, 0.4) is 0 Å². The highest BCUT2D eigenvalue weighted by Gasteiger charge is 2.28. The van der Waals surface area contributed by atoms with E-state index in [0.29, 0.717) is 30.5 Å². The summed E-state index contributed by atoms with van der Waals surface area (Å²) in [6.45, 7) is 2.96. The van der Waals surface area contributed by atoms with Gasteiger partial charge in [-0.2, -0.15) is 8.42 Å². The van der Waals surface area contributed by atoms with Crippen molar-refractivity contribution in [2.75, 3.05) is 37.3 Å². The average molecular weight is 427 g/mol. The number of hydrogen-bond donors (Lipinski definition) is 3. The van der Waals surface area contributed by atoms with Crippen molar-refractivity contribution in [3.05, 3.63) is 39.9 Å². The standard InChI is InChI=1S/C17H18FN3O3.CH4O3S/c18-13-7-11-14(8-15(13)20-5-3-19-4-6-20)21(10-1-2-10)9-12(16(11)22)17(23)24;1-5(2,3)4/h7-10,19H,1-6H2,(H,23,24);1H3,(H,2,3,4). The second kappa shape index (κ2) is 8.09. The number of benzene rings is 1. The van der Waals surface area contributed by atoms with Crippen LogP contribution in [0.15, 0.2) is 23.1 Å². The van der Waals surface area contributed by atoms with Crippen LogP contribution in [0.4, 0.5) is 10.1 Å². The van der Waals surface area contributed by atoms with Crippen LogP contribution < -0.4 is 15.6 Å². The largest absolute Gasteiger partial charge is 0.477 e. The van der Waals surface area contributed by atoms with Gasteiger partial charge in [0.05, 0.1) is 17.5 Å². The molecule has 29 heavy (non-hydrogen) atoms. The van der Waals surface area contributed by atoms with Gasteiger partial charge in [0.2, 0.25) is 5.43 Å². The third-order valence-electron chi connectivity index (χ3n) is 4.73. The normalized spacial score (nSPS) is 17.0. The van der Waals surface area contributed by atoms with Crippen molar-refractivity contribution in [2.24, 2.45) is 0 Å². The van der Waals surface area contributed by atoms with Crippen LogP contribution in [-0.4, -0.2) is 61.0 Å². The highest BCUT2D eigenvalue weighted by Crippen LogP contribution is 2.38. The summed E-state index contributed by atoms with van der Waals surface area (Å²) in [4.78, 5) is 25.7. The molecule has 158 valence electrons. The van der Waals surface area contributed by atoms with Crippen molar-refractivity contribution < 1.29 is 27.3 Å². The Kier molecular flexibility index (Phi) is 5.92. The maximum Gasteiger partial charge on any atom is 0.341 e. The van der Waals surface area contributed by atoms with Crippen molar-refractivity contribution in [1.82, 2.24) is 9.88 Å². The fraction of sp³-hybridized carbons (Fsp3) is 0.444. The highest BCUT2D eigenvalue weighted by molar-refractivity contribution is 7.85. The van der Waals surface area contributed by atoms with Gasteiger partial charge in [-0.05, 0) is 25.0 Å². The summed E-state index contributed by atoms with van der Waals surface area (Å²) in [5, 5.41) is 12.6. The van der Waals surface area contributed by atoms with Crippen molar-refractivity contribution >= 4 is 32.7 Å². The minimum Gasteiger partial charge on any atom is -0.477 e. The van der Waals surface area contributed by atoms with E-state index in [4.69, 9.17) is 4.55 Å². The fourth-order valence-corrected chi connectivity index (χ4v) is 3.31. The monoisotopic (exact) mass is 427 g/mol. The molecule has 2 aliphatic rings. The minimum absolute atomic E-state index is 0.137. The van der Waals surface area contributed by atoms with Gasteiger partial charge in [0.1, 0.15) is 11.4 Å². The molecule has 0 atom stereocenters. The fourth-order valence-electron chi connectivity index (χ4n) is 3.31. The van der Waals surface area contributed by atoms with Gasteiger partial charge in [0.15, 0.2) is 0 Å². The molecular weight excluding hydrogens is 405 g/mol. The molecule has 2 fully saturated rings. The minimum atomic E-state index is -3.67. The molecule has 0 bridgehead atoms. The van der Waals surface area contributed by atoms with Crippen molar-refractivity contribution in [3.63, 3.8) is 0 Å². The first-order valence-corrected chi connectivity index (χ1v) is 10.9. The number of fused-ring (bicyclic) bond motifs is 1. The number of hydrogen-bond acceptors (Lipinski definition) is 6. The molecule has 1 aliphatic heterocycles. The van der Waals surface area contributed by atoms with Gasteiger partial charge in [0.25, 0.3) is 10.1 Å². The summed E-state index contributed by atoms with van der Waals surface area (Å²) in [5.41, 5.74) is 0.159. The zero-order valence-electron chi connectivity index (χ0n) is 15.8. The van der Waals surface area contributed by atoms with Gasteiger partial charge in [-0.3, -0.25) is 9.35 Å². The first kappa shape index (κ1) is 21.2. The van der Waals surface area contributed by atoms with Gasteiger partial charge in [-0.1, -0.05) is 0 Å². The quantitative estimate of drug-likeness (QED) is 0.621. The number of nitrogens with one attached hydrogen (secondary N) is 1. The van der Waals surface area contributed by atoms with Crippen LogP contribution in [0.25, 0.3) is 10.9 Å². The molecule has 4 rings (SSSR count). The number of aromatic carboxylic acids is 1. The Bertz CT molecular complexity index is 1100. The topological polar surface area (TPSA) is 129 Å². The summed E-state index contributed by atoms with van der Waals surface area (Å²) in [7, 11) is -3.67. The number of anilines is 1. The third kappa shape index (κ3) is 5.11. The Morgan fingerprint density at radius 1 is 1.24 bits per heavy atom. The summed E-state index contributed by atoms with van der Waals surface area (Å²) in [6.07, 6.45) is 4.01. The second-order valence-electron chi connectivity index (χ2n) is 7.11. The maximum absolute atomic E-state index is 14.6. The molecular formula is C18H22FN3O6S. The molecule has 2 aromatic rings. The third-order valence-corrected chi connectivity index (χ3v) is 4.73. The number of pyridine rings is 1. The van der Waals surface area contributed by atoms with Crippen LogP contribution in [-0.2, 0) is 10.1 Å². The summed E-state index contributed by atoms with van der Waals surface area (Å²) >= 11 is 0. The average Bonchev–Trinajstić information content (AvgIpc) is 3.46. The first-order valence-electron chi connectivity index (χ1n) is 9.06.